The normalized spacial score (nSPS) is 11.3. The molecule has 0 spiro atoms. The van der Waals surface area contributed by atoms with Crippen molar-refractivity contribution in [3.63, 3.8) is 0 Å². The molecule has 29 heavy (non-hydrogen) atoms. The van der Waals surface area contributed by atoms with Gasteiger partial charge in [-0.3, -0.25) is 9.48 Å². The summed E-state index contributed by atoms with van der Waals surface area (Å²) in [5.74, 6) is -0.422. The molecule has 0 aliphatic heterocycles. The van der Waals surface area contributed by atoms with E-state index >= 15 is 0 Å². The van der Waals surface area contributed by atoms with E-state index < -0.39 is 0 Å². The van der Waals surface area contributed by atoms with Gasteiger partial charge in [-0.2, -0.15) is 5.10 Å². The van der Waals surface area contributed by atoms with Gasteiger partial charge in [0.1, 0.15) is 11.5 Å². The first-order valence-corrected chi connectivity index (χ1v) is 10.5. The van der Waals surface area contributed by atoms with Gasteiger partial charge in [0, 0.05) is 30.9 Å². The molecule has 4 aromatic rings. The zero-order chi connectivity index (χ0) is 20.5. The Morgan fingerprint density at radius 2 is 2.07 bits per heavy atom. The molecule has 1 N–H and O–H groups in total. The summed E-state index contributed by atoms with van der Waals surface area (Å²) >= 11 is 1.59. The lowest BCUT2D eigenvalue weighted by molar-refractivity contribution is 0.0942. The Morgan fingerprint density at radius 1 is 1.24 bits per heavy atom. The maximum Gasteiger partial charge on any atom is 0.268 e. The Kier molecular flexibility index (Phi) is 5.24. The fourth-order valence-electron chi connectivity index (χ4n) is 3.71. The third-order valence-corrected chi connectivity index (χ3v) is 6.09. The van der Waals surface area contributed by atoms with Gasteiger partial charge in [0.25, 0.3) is 5.91 Å². The van der Waals surface area contributed by atoms with Crippen LogP contribution in [0, 0.1) is 19.7 Å². The predicted octanol–water partition coefficient (Wildman–Crippen LogP) is 4.65. The predicted molar refractivity (Wildman–Crippen MR) is 114 cm³/mol. The number of benzene rings is 1. The average Bonchev–Trinajstić information content (AvgIpc) is 3.35. The van der Waals surface area contributed by atoms with Crippen molar-refractivity contribution in [2.24, 2.45) is 0 Å². The van der Waals surface area contributed by atoms with Crippen molar-refractivity contribution < 1.29 is 9.18 Å². The molecule has 0 bridgehead atoms. The van der Waals surface area contributed by atoms with Crippen LogP contribution in [0.25, 0.3) is 10.2 Å². The van der Waals surface area contributed by atoms with Crippen molar-refractivity contribution in [2.75, 3.05) is 0 Å². The Bertz CT molecular complexity index is 1190. The average molecular weight is 411 g/mol. The van der Waals surface area contributed by atoms with Gasteiger partial charge in [-0.05, 0) is 56.0 Å². The Morgan fingerprint density at radius 3 is 2.79 bits per heavy atom. The minimum Gasteiger partial charge on any atom is -0.347 e. The molecule has 0 fully saturated rings. The van der Waals surface area contributed by atoms with Gasteiger partial charge in [0.15, 0.2) is 0 Å². The molecule has 4 rings (SSSR count). The number of carbonyl (C=O) groups is 1. The molecule has 1 amide bonds. The molecule has 3 heterocycles. The van der Waals surface area contributed by atoms with Gasteiger partial charge in [-0.15, -0.1) is 11.3 Å². The van der Waals surface area contributed by atoms with Crippen LogP contribution in [0.3, 0.4) is 0 Å². The van der Waals surface area contributed by atoms with Crippen LogP contribution in [-0.2, 0) is 19.6 Å². The number of fused-ring (bicyclic) bond motifs is 1. The minimum absolute atomic E-state index is 0.146. The number of aromatic nitrogens is 3. The van der Waals surface area contributed by atoms with Crippen molar-refractivity contribution in [1.29, 1.82) is 0 Å². The first-order valence-electron chi connectivity index (χ1n) is 9.60. The maximum atomic E-state index is 13.6. The van der Waals surface area contributed by atoms with E-state index in [0.29, 0.717) is 18.8 Å². The number of thiophene rings is 1. The number of hydrogen-bond donors (Lipinski definition) is 1. The molecule has 0 saturated heterocycles. The van der Waals surface area contributed by atoms with E-state index in [1.807, 2.05) is 53.6 Å². The van der Waals surface area contributed by atoms with E-state index in [4.69, 9.17) is 0 Å². The van der Waals surface area contributed by atoms with Crippen molar-refractivity contribution in [1.82, 2.24) is 19.7 Å². The summed E-state index contributed by atoms with van der Waals surface area (Å²) in [6, 6.07) is 10.4. The fourth-order valence-corrected chi connectivity index (χ4v) is 4.53. The van der Waals surface area contributed by atoms with Gasteiger partial charge >= 0.3 is 0 Å². The van der Waals surface area contributed by atoms with Gasteiger partial charge in [-0.25, -0.2) is 4.39 Å². The van der Waals surface area contributed by atoms with Crippen LogP contribution >= 0.6 is 11.3 Å². The van der Waals surface area contributed by atoms with Crippen LogP contribution in [0.2, 0.25) is 0 Å². The third-order valence-electron chi connectivity index (χ3n) is 5.24. The quantitative estimate of drug-likeness (QED) is 0.503. The highest BCUT2D eigenvalue weighted by Gasteiger charge is 2.18. The Hall–Kier alpha value is -2.93. The van der Waals surface area contributed by atoms with Crippen molar-refractivity contribution in [3.8, 4) is 0 Å². The SMILES string of the molecule is CCn1nc(C)c(CNC(=O)c2cc3sccc3n2Cc2cccc(F)c2)c1C. The molecular formula is C22H23FN4OS. The van der Waals surface area contributed by atoms with Crippen LogP contribution in [0.15, 0.2) is 41.8 Å². The number of carbonyl (C=O) groups excluding carboxylic acids is 1. The molecule has 0 atom stereocenters. The number of rotatable bonds is 6. The first-order chi connectivity index (χ1) is 14.0. The molecule has 150 valence electrons. The lowest BCUT2D eigenvalue weighted by atomic mass is 10.2. The van der Waals surface area contributed by atoms with E-state index in [2.05, 4.69) is 10.4 Å². The van der Waals surface area contributed by atoms with Crippen molar-refractivity contribution in [3.05, 3.63) is 75.8 Å². The summed E-state index contributed by atoms with van der Waals surface area (Å²) in [5.41, 5.74) is 5.43. The van der Waals surface area contributed by atoms with E-state index in [9.17, 15) is 9.18 Å². The van der Waals surface area contributed by atoms with Crippen LogP contribution in [0.1, 0.15) is 39.9 Å². The Balaban J connectivity index is 1.61. The molecule has 3 aromatic heterocycles. The summed E-state index contributed by atoms with van der Waals surface area (Å²) in [4.78, 5) is 13.0. The number of aryl methyl sites for hydroxylation is 2. The second-order valence-electron chi connectivity index (χ2n) is 7.06. The summed E-state index contributed by atoms with van der Waals surface area (Å²) < 4.78 is 18.6. The lowest BCUT2D eigenvalue weighted by Crippen LogP contribution is -2.26. The number of hydrogen-bond acceptors (Lipinski definition) is 3. The number of halogens is 1. The fraction of sp³-hybridized carbons (Fsp3) is 0.273. The van der Waals surface area contributed by atoms with E-state index in [1.54, 1.807) is 17.4 Å². The second kappa shape index (κ2) is 7.83. The van der Waals surface area contributed by atoms with Crippen LogP contribution in [0.5, 0.6) is 0 Å². The van der Waals surface area contributed by atoms with Crippen LogP contribution in [-0.4, -0.2) is 20.3 Å². The number of nitrogens with one attached hydrogen (secondary N) is 1. The first kappa shape index (κ1) is 19.4. The van der Waals surface area contributed by atoms with Crippen molar-refractivity contribution in [2.45, 2.75) is 40.4 Å². The zero-order valence-corrected chi connectivity index (χ0v) is 17.5. The monoisotopic (exact) mass is 410 g/mol. The van der Waals surface area contributed by atoms with Crippen molar-refractivity contribution >= 4 is 27.5 Å². The molecule has 7 heteroatoms. The zero-order valence-electron chi connectivity index (χ0n) is 16.7. The minimum atomic E-state index is -0.277. The van der Waals surface area contributed by atoms with Gasteiger partial charge < -0.3 is 9.88 Å². The third kappa shape index (κ3) is 3.70. The molecule has 0 saturated carbocycles. The molecule has 0 aliphatic rings. The van der Waals surface area contributed by atoms with E-state index in [-0.39, 0.29) is 11.7 Å². The molecule has 0 radical (unpaired) electrons. The molecule has 1 aromatic carbocycles. The summed E-state index contributed by atoms with van der Waals surface area (Å²) in [6.45, 7) is 7.69. The second-order valence-corrected chi connectivity index (χ2v) is 8.01. The molecular weight excluding hydrogens is 387 g/mol. The number of amides is 1. The molecule has 5 nitrogen and oxygen atoms in total. The Labute approximate surface area is 172 Å². The van der Waals surface area contributed by atoms with E-state index in [1.165, 1.54) is 12.1 Å². The topological polar surface area (TPSA) is 51.9 Å². The van der Waals surface area contributed by atoms with Crippen LogP contribution in [0.4, 0.5) is 4.39 Å². The van der Waals surface area contributed by atoms with Crippen LogP contribution < -0.4 is 5.32 Å². The smallest absolute Gasteiger partial charge is 0.268 e. The number of nitrogens with zero attached hydrogens (tertiary/aromatic N) is 3. The lowest BCUT2D eigenvalue weighted by Gasteiger charge is -2.11. The summed E-state index contributed by atoms with van der Waals surface area (Å²) in [7, 11) is 0. The maximum absolute atomic E-state index is 13.6. The van der Waals surface area contributed by atoms with E-state index in [0.717, 1.165) is 39.3 Å². The van der Waals surface area contributed by atoms with Gasteiger partial charge in [0.2, 0.25) is 0 Å². The summed E-state index contributed by atoms with van der Waals surface area (Å²) in [6.07, 6.45) is 0. The highest BCUT2D eigenvalue weighted by molar-refractivity contribution is 7.17. The van der Waals surface area contributed by atoms with Gasteiger partial charge in [-0.1, -0.05) is 12.1 Å². The molecule has 0 unspecified atom stereocenters. The highest BCUT2D eigenvalue weighted by Crippen LogP contribution is 2.26. The molecule has 0 aliphatic carbocycles. The standard InChI is InChI=1S/C22H23FN4OS/c1-4-27-15(3)18(14(2)25-27)12-24-22(28)20-11-21-19(8-9-29-21)26(20)13-16-6-5-7-17(23)10-16/h5-11H,4,12-13H2,1-3H3,(H,24,28). The summed E-state index contributed by atoms with van der Waals surface area (Å²) in [5, 5.41) is 9.55. The largest absolute Gasteiger partial charge is 0.347 e. The highest BCUT2D eigenvalue weighted by atomic mass is 32.1. The van der Waals surface area contributed by atoms with Gasteiger partial charge in [0.05, 0.1) is 15.9 Å².